The first-order chi connectivity index (χ1) is 17.3. The van der Waals surface area contributed by atoms with Crippen LogP contribution in [0.25, 0.3) is 0 Å². The molecule has 0 amide bonds. The van der Waals surface area contributed by atoms with Gasteiger partial charge >= 0.3 is 5.97 Å². The molecule has 10 nitrogen and oxygen atoms in total. The van der Waals surface area contributed by atoms with E-state index in [9.17, 15) is 35.1 Å². The van der Waals surface area contributed by atoms with Crippen LogP contribution in [0.5, 0.6) is 0 Å². The van der Waals surface area contributed by atoms with Crippen molar-refractivity contribution in [3.63, 3.8) is 0 Å². The van der Waals surface area contributed by atoms with Crippen LogP contribution in [0, 0.1) is 29.6 Å². The first-order valence-corrected chi connectivity index (χ1v) is 13.9. The summed E-state index contributed by atoms with van der Waals surface area (Å²) >= 11 is 0. The molecule has 0 radical (unpaired) electrons. The van der Waals surface area contributed by atoms with E-state index in [0.717, 1.165) is 0 Å². The smallest absolute Gasteiger partial charge is 0.311 e. The van der Waals surface area contributed by atoms with Gasteiger partial charge in [-0.2, -0.15) is 0 Å². The number of Topliss-reactive ketones (excluding diaryl/α,β-unsaturated/α-hetero) is 1. The highest BCUT2D eigenvalue weighted by atomic mass is 16.7. The van der Waals surface area contributed by atoms with Crippen molar-refractivity contribution in [2.24, 2.45) is 29.6 Å². The second-order valence-corrected chi connectivity index (χ2v) is 12.4. The van der Waals surface area contributed by atoms with Crippen molar-refractivity contribution in [2.75, 3.05) is 0 Å². The molecule has 14 atom stereocenters. The number of ketones is 1. The molecule has 0 unspecified atom stereocenters. The number of ether oxygens (including phenoxy) is 3. The zero-order valence-electron chi connectivity index (χ0n) is 24.3. The van der Waals surface area contributed by atoms with E-state index in [1.807, 2.05) is 6.92 Å². The van der Waals surface area contributed by atoms with E-state index >= 15 is 0 Å². The van der Waals surface area contributed by atoms with Gasteiger partial charge in [0.1, 0.15) is 18.0 Å². The Morgan fingerprint density at radius 1 is 0.868 bits per heavy atom. The third-order valence-electron chi connectivity index (χ3n) is 8.82. The maximum atomic E-state index is 13.4. The normalized spacial score (nSPS) is 50.3. The van der Waals surface area contributed by atoms with Crippen LogP contribution >= 0.6 is 0 Å². The average molecular weight is 547 g/mol. The summed E-state index contributed by atoms with van der Waals surface area (Å²) in [5.41, 5.74) is -3.24. The highest BCUT2D eigenvalue weighted by Gasteiger charge is 2.49. The number of aliphatic hydroxyl groups excluding tert-OH is 3. The first-order valence-electron chi connectivity index (χ1n) is 13.9. The summed E-state index contributed by atoms with van der Waals surface area (Å²) in [5.74, 6) is -4.59. The number of cyclic esters (lactones) is 1. The lowest BCUT2D eigenvalue weighted by molar-refractivity contribution is -0.295. The van der Waals surface area contributed by atoms with Gasteiger partial charge in [-0.25, -0.2) is 0 Å². The van der Waals surface area contributed by atoms with Gasteiger partial charge in [-0.3, -0.25) is 9.59 Å². The van der Waals surface area contributed by atoms with Crippen molar-refractivity contribution in [3.8, 4) is 0 Å². The third kappa shape index (κ3) is 7.13. The molecule has 0 spiro atoms. The number of carbonyl (C=O) groups excluding carboxylic acids is 2. The Kier molecular flexibility index (Phi) is 10.9. The highest BCUT2D eigenvalue weighted by Crippen LogP contribution is 2.37. The largest absolute Gasteiger partial charge is 0.462 e. The number of hydrogen-bond acceptors (Lipinski definition) is 10. The molecular formula is C28H50O10. The zero-order chi connectivity index (χ0) is 29.3. The SMILES string of the molecule is CC[C@H]1OC(=O)[C@H](C)[C@@H](O[C@H]2C[C@@](C)(O)[C@@H](O)[C@H](C)O2)[C@H](C)[C@@H](O)[C@](C)(O)C[C@@H](C)C(=O)[C@H](C)[C@@H](O)[C@H]1C. The summed E-state index contributed by atoms with van der Waals surface area (Å²) in [4.78, 5) is 26.5. The Morgan fingerprint density at radius 3 is 1.95 bits per heavy atom. The molecule has 2 aliphatic rings. The van der Waals surface area contributed by atoms with Crippen LogP contribution in [0.1, 0.15) is 81.6 Å². The van der Waals surface area contributed by atoms with Crippen LogP contribution in [-0.4, -0.2) is 91.4 Å². The van der Waals surface area contributed by atoms with E-state index in [0.29, 0.717) is 6.42 Å². The van der Waals surface area contributed by atoms with Crippen LogP contribution in [0.4, 0.5) is 0 Å². The Balaban J connectivity index is 2.49. The van der Waals surface area contributed by atoms with Crippen molar-refractivity contribution in [1.29, 1.82) is 0 Å². The van der Waals surface area contributed by atoms with Crippen molar-refractivity contribution in [3.05, 3.63) is 0 Å². The fraction of sp³-hybridized carbons (Fsp3) is 0.929. The lowest BCUT2D eigenvalue weighted by Crippen LogP contribution is -2.57. The highest BCUT2D eigenvalue weighted by molar-refractivity contribution is 5.83. The minimum atomic E-state index is -1.73. The molecule has 2 fully saturated rings. The molecular weight excluding hydrogens is 496 g/mol. The molecule has 10 heteroatoms. The van der Waals surface area contributed by atoms with Gasteiger partial charge < -0.3 is 39.7 Å². The van der Waals surface area contributed by atoms with Crippen LogP contribution in [0.15, 0.2) is 0 Å². The maximum absolute atomic E-state index is 13.4. The topological polar surface area (TPSA) is 163 Å². The molecule has 5 N–H and O–H groups in total. The van der Waals surface area contributed by atoms with E-state index in [2.05, 4.69) is 0 Å². The number of aliphatic hydroxyl groups is 5. The summed E-state index contributed by atoms with van der Waals surface area (Å²) in [6.45, 7) is 14.6. The molecule has 38 heavy (non-hydrogen) atoms. The van der Waals surface area contributed by atoms with Gasteiger partial charge in [0.05, 0.1) is 41.5 Å². The van der Waals surface area contributed by atoms with Gasteiger partial charge in [-0.1, -0.05) is 34.6 Å². The van der Waals surface area contributed by atoms with Gasteiger partial charge in [0.15, 0.2) is 6.29 Å². The molecule has 0 aromatic rings. The lowest BCUT2D eigenvalue weighted by atomic mass is 9.75. The molecule has 0 aliphatic carbocycles. The molecule has 0 bridgehead atoms. The molecule has 222 valence electrons. The van der Waals surface area contributed by atoms with Crippen molar-refractivity contribution in [1.82, 2.24) is 0 Å². The van der Waals surface area contributed by atoms with E-state index in [1.165, 1.54) is 13.8 Å². The number of hydrogen-bond donors (Lipinski definition) is 5. The Morgan fingerprint density at radius 2 is 1.42 bits per heavy atom. The van der Waals surface area contributed by atoms with Gasteiger partial charge in [-0.05, 0) is 40.5 Å². The Labute approximate surface area is 226 Å². The average Bonchev–Trinajstić information content (AvgIpc) is 2.84. The van der Waals surface area contributed by atoms with Crippen molar-refractivity contribution in [2.45, 2.75) is 136 Å². The molecule has 2 saturated heterocycles. The molecule has 0 aromatic carbocycles. The third-order valence-corrected chi connectivity index (χ3v) is 8.82. The zero-order valence-corrected chi connectivity index (χ0v) is 24.3. The summed E-state index contributed by atoms with van der Waals surface area (Å²) in [5, 5.41) is 54.5. The lowest BCUT2D eigenvalue weighted by Gasteiger charge is -2.45. The first kappa shape index (κ1) is 33.1. The molecule has 0 aromatic heterocycles. The van der Waals surface area contributed by atoms with Crippen LogP contribution in [-0.2, 0) is 23.8 Å². The standard InChI is InChI=1S/C28H50O10/c1-10-19-14(3)22(30)15(4)21(29)13(2)11-27(8,34)24(31)16(5)23(17(6)26(33)37-19)38-20-12-28(9,35)25(32)18(7)36-20/h13-20,22-25,30-32,34-35H,10-12H2,1-9H3/t13-,14+,15+,16+,17-,18+,19-,20+,22+,23+,24-,25+,27-,28-/m1/s1. The number of carbonyl (C=O) groups is 2. The summed E-state index contributed by atoms with van der Waals surface area (Å²) < 4.78 is 17.8. The van der Waals surface area contributed by atoms with Gasteiger partial charge in [-0.15, -0.1) is 0 Å². The van der Waals surface area contributed by atoms with Crippen LogP contribution < -0.4 is 0 Å². The fourth-order valence-corrected chi connectivity index (χ4v) is 6.11. The fourth-order valence-electron chi connectivity index (χ4n) is 6.11. The van der Waals surface area contributed by atoms with E-state index in [1.54, 1.807) is 41.5 Å². The minimum Gasteiger partial charge on any atom is -0.462 e. The van der Waals surface area contributed by atoms with Gasteiger partial charge in [0, 0.05) is 30.1 Å². The molecule has 2 aliphatic heterocycles. The number of esters is 1. The Hall–Kier alpha value is -1.14. The summed E-state index contributed by atoms with van der Waals surface area (Å²) in [7, 11) is 0. The van der Waals surface area contributed by atoms with Gasteiger partial charge in [0.2, 0.25) is 0 Å². The monoisotopic (exact) mass is 546 g/mol. The van der Waals surface area contributed by atoms with Crippen LogP contribution in [0.2, 0.25) is 0 Å². The second-order valence-electron chi connectivity index (χ2n) is 12.4. The van der Waals surface area contributed by atoms with E-state index in [-0.39, 0.29) is 18.6 Å². The predicted molar refractivity (Wildman–Crippen MR) is 139 cm³/mol. The summed E-state index contributed by atoms with van der Waals surface area (Å²) in [6.07, 6.45) is -6.81. The summed E-state index contributed by atoms with van der Waals surface area (Å²) in [6, 6.07) is 0. The predicted octanol–water partition coefficient (Wildman–Crippen LogP) is 1.57. The minimum absolute atomic E-state index is 0.0661. The Bertz CT molecular complexity index is 813. The molecule has 2 heterocycles. The van der Waals surface area contributed by atoms with Crippen molar-refractivity contribution >= 4 is 11.8 Å². The van der Waals surface area contributed by atoms with Crippen molar-refractivity contribution < 1.29 is 49.3 Å². The van der Waals surface area contributed by atoms with Crippen LogP contribution in [0.3, 0.4) is 0 Å². The molecule has 0 saturated carbocycles. The quantitative estimate of drug-likeness (QED) is 0.328. The maximum Gasteiger partial charge on any atom is 0.311 e. The van der Waals surface area contributed by atoms with Gasteiger partial charge in [0.25, 0.3) is 0 Å². The number of rotatable bonds is 3. The van der Waals surface area contributed by atoms with E-state index in [4.69, 9.17) is 14.2 Å². The molecule has 2 rings (SSSR count). The van der Waals surface area contributed by atoms with E-state index < -0.39 is 89.7 Å². The second kappa shape index (κ2) is 12.6.